The Balaban J connectivity index is 1.87. The Labute approximate surface area is 155 Å². The minimum atomic E-state index is -4.49. The molecule has 11 heteroatoms. The lowest BCUT2D eigenvalue weighted by atomic mass is 9.97. The zero-order valence-electron chi connectivity index (χ0n) is 14.5. The number of sulfonamides is 1. The van der Waals surface area contributed by atoms with Gasteiger partial charge in [-0.05, 0) is 37.1 Å². The minimum absolute atomic E-state index is 0.0405. The molecular weight excluding hydrogens is 387 g/mol. The first kappa shape index (κ1) is 21.2. The fraction of sp³-hybridized carbons (Fsp3) is 0.500. The molecule has 2 N–H and O–H groups in total. The smallest absolute Gasteiger partial charge is 0.343 e. The van der Waals surface area contributed by atoms with Crippen molar-refractivity contribution in [1.82, 2.24) is 9.62 Å². The highest BCUT2D eigenvalue weighted by molar-refractivity contribution is 7.88. The normalized spacial score (nSPS) is 16.7. The van der Waals surface area contributed by atoms with Crippen LogP contribution in [0.4, 0.5) is 18.9 Å². The summed E-state index contributed by atoms with van der Waals surface area (Å²) in [6.45, 7) is -0.874. The van der Waals surface area contributed by atoms with E-state index in [4.69, 9.17) is 0 Å². The van der Waals surface area contributed by atoms with Crippen LogP contribution in [0, 0.1) is 5.92 Å². The van der Waals surface area contributed by atoms with Crippen LogP contribution in [0.25, 0.3) is 0 Å². The lowest BCUT2D eigenvalue weighted by Crippen LogP contribution is -2.40. The molecule has 0 aliphatic carbocycles. The molecule has 0 aromatic heterocycles. The van der Waals surface area contributed by atoms with E-state index in [9.17, 15) is 31.2 Å². The van der Waals surface area contributed by atoms with Crippen LogP contribution >= 0.6 is 0 Å². The summed E-state index contributed by atoms with van der Waals surface area (Å²) in [6.07, 6.45) is -2.57. The van der Waals surface area contributed by atoms with Crippen molar-refractivity contribution in [2.24, 2.45) is 5.92 Å². The van der Waals surface area contributed by atoms with Crippen LogP contribution in [0.1, 0.15) is 23.2 Å². The van der Waals surface area contributed by atoms with Crippen LogP contribution in [0.5, 0.6) is 0 Å². The number of carbonyl (C=O) groups is 2. The average Bonchev–Trinajstić information content (AvgIpc) is 2.59. The lowest BCUT2D eigenvalue weighted by Gasteiger charge is -2.29. The summed E-state index contributed by atoms with van der Waals surface area (Å²) >= 11 is 0. The Morgan fingerprint density at radius 1 is 1.15 bits per heavy atom. The monoisotopic (exact) mass is 407 g/mol. The molecule has 2 rings (SSSR count). The average molecular weight is 407 g/mol. The van der Waals surface area contributed by atoms with Crippen molar-refractivity contribution in [3.05, 3.63) is 29.8 Å². The number of anilines is 1. The quantitative estimate of drug-likeness (QED) is 0.775. The SMILES string of the molecule is CS(=O)(=O)N1CCC(C(=O)Nc2ccc(C(=O)NCC(F)(F)F)cc2)CC1. The predicted octanol–water partition coefficient (Wildman–Crippen LogP) is 1.59. The zero-order valence-corrected chi connectivity index (χ0v) is 15.4. The van der Waals surface area contributed by atoms with E-state index in [0.717, 1.165) is 6.26 Å². The third-order valence-electron chi connectivity index (χ3n) is 4.16. The van der Waals surface area contributed by atoms with Crippen molar-refractivity contribution in [3.63, 3.8) is 0 Å². The van der Waals surface area contributed by atoms with Gasteiger partial charge in [0, 0.05) is 30.3 Å². The third-order valence-corrected chi connectivity index (χ3v) is 5.46. The summed E-state index contributed by atoms with van der Waals surface area (Å²) in [5.41, 5.74) is 0.441. The van der Waals surface area contributed by atoms with Gasteiger partial charge in [0.2, 0.25) is 15.9 Å². The number of nitrogens with one attached hydrogen (secondary N) is 2. The highest BCUT2D eigenvalue weighted by Crippen LogP contribution is 2.21. The second-order valence-corrected chi connectivity index (χ2v) is 8.28. The van der Waals surface area contributed by atoms with E-state index in [-0.39, 0.29) is 30.5 Å². The fourth-order valence-electron chi connectivity index (χ4n) is 2.68. The van der Waals surface area contributed by atoms with E-state index in [1.54, 1.807) is 5.32 Å². The van der Waals surface area contributed by atoms with Crippen molar-refractivity contribution < 1.29 is 31.2 Å². The molecule has 0 bridgehead atoms. The van der Waals surface area contributed by atoms with Gasteiger partial charge < -0.3 is 10.6 Å². The molecule has 1 fully saturated rings. The first-order valence-electron chi connectivity index (χ1n) is 8.17. The summed E-state index contributed by atoms with van der Waals surface area (Å²) in [4.78, 5) is 23.9. The Morgan fingerprint density at radius 3 is 2.19 bits per heavy atom. The molecule has 7 nitrogen and oxygen atoms in total. The first-order chi connectivity index (χ1) is 12.5. The van der Waals surface area contributed by atoms with Crippen molar-refractivity contribution in [1.29, 1.82) is 0 Å². The molecule has 1 saturated heterocycles. The second kappa shape index (κ2) is 8.26. The molecule has 0 unspecified atom stereocenters. The second-order valence-electron chi connectivity index (χ2n) is 6.30. The van der Waals surface area contributed by atoms with E-state index in [2.05, 4.69) is 5.32 Å². The van der Waals surface area contributed by atoms with E-state index < -0.39 is 28.7 Å². The first-order valence-corrected chi connectivity index (χ1v) is 10.0. The number of carbonyl (C=O) groups excluding carboxylic acids is 2. The summed E-state index contributed by atoms with van der Waals surface area (Å²) in [5.74, 6) is -1.46. The summed E-state index contributed by atoms with van der Waals surface area (Å²) in [6, 6.07) is 5.47. The van der Waals surface area contributed by atoms with Crippen LogP contribution < -0.4 is 10.6 Å². The molecule has 0 spiro atoms. The van der Waals surface area contributed by atoms with Gasteiger partial charge in [0.15, 0.2) is 0 Å². The molecular formula is C16H20F3N3O4S. The van der Waals surface area contributed by atoms with Crippen molar-refractivity contribution in [2.75, 3.05) is 31.2 Å². The van der Waals surface area contributed by atoms with Gasteiger partial charge in [0.25, 0.3) is 5.91 Å². The minimum Gasteiger partial charge on any atom is -0.343 e. The topological polar surface area (TPSA) is 95.6 Å². The molecule has 1 aliphatic rings. The molecule has 1 aliphatic heterocycles. The number of amides is 2. The maximum Gasteiger partial charge on any atom is 0.405 e. The van der Waals surface area contributed by atoms with Crippen LogP contribution in [-0.2, 0) is 14.8 Å². The molecule has 1 heterocycles. The van der Waals surface area contributed by atoms with Crippen LogP contribution in [-0.4, -0.2) is 56.6 Å². The Kier molecular flexibility index (Phi) is 6.47. The van der Waals surface area contributed by atoms with Crippen molar-refractivity contribution >= 4 is 27.5 Å². The zero-order chi connectivity index (χ0) is 20.2. The molecule has 1 aromatic rings. The number of benzene rings is 1. The van der Waals surface area contributed by atoms with Gasteiger partial charge in [0.1, 0.15) is 6.54 Å². The molecule has 27 heavy (non-hydrogen) atoms. The van der Waals surface area contributed by atoms with E-state index >= 15 is 0 Å². The maximum atomic E-state index is 12.3. The molecule has 0 saturated carbocycles. The number of piperidine rings is 1. The fourth-order valence-corrected chi connectivity index (χ4v) is 3.56. The maximum absolute atomic E-state index is 12.3. The highest BCUT2D eigenvalue weighted by atomic mass is 32.2. The molecule has 1 aromatic carbocycles. The number of hydrogen-bond donors (Lipinski definition) is 2. The Hall–Kier alpha value is -2.14. The lowest BCUT2D eigenvalue weighted by molar-refractivity contribution is -0.123. The van der Waals surface area contributed by atoms with Crippen molar-refractivity contribution in [3.8, 4) is 0 Å². The standard InChI is InChI=1S/C16H20F3N3O4S/c1-27(25,26)22-8-6-12(7-9-22)15(24)21-13-4-2-11(3-5-13)14(23)20-10-16(17,18)19/h2-5,12H,6-10H2,1H3,(H,20,23)(H,21,24). The Bertz CT molecular complexity index is 786. The van der Waals surface area contributed by atoms with Crippen LogP contribution in [0.15, 0.2) is 24.3 Å². The molecule has 150 valence electrons. The van der Waals surface area contributed by atoms with Crippen molar-refractivity contribution in [2.45, 2.75) is 19.0 Å². The number of nitrogens with zero attached hydrogens (tertiary/aromatic N) is 1. The molecule has 0 radical (unpaired) electrons. The van der Waals surface area contributed by atoms with Gasteiger partial charge in [-0.1, -0.05) is 0 Å². The number of hydrogen-bond acceptors (Lipinski definition) is 4. The van der Waals surface area contributed by atoms with Crippen LogP contribution in [0.3, 0.4) is 0 Å². The van der Waals surface area contributed by atoms with E-state index in [1.165, 1.54) is 28.6 Å². The van der Waals surface area contributed by atoms with E-state index in [0.29, 0.717) is 18.5 Å². The Morgan fingerprint density at radius 2 is 1.70 bits per heavy atom. The number of alkyl halides is 3. The third kappa shape index (κ3) is 6.51. The van der Waals surface area contributed by atoms with Crippen LogP contribution in [0.2, 0.25) is 0 Å². The van der Waals surface area contributed by atoms with Gasteiger partial charge in [0.05, 0.1) is 6.26 Å². The van der Waals surface area contributed by atoms with Gasteiger partial charge in [-0.25, -0.2) is 12.7 Å². The summed E-state index contributed by atoms with van der Waals surface area (Å²) < 4.78 is 60.6. The van der Waals surface area contributed by atoms with Gasteiger partial charge in [-0.15, -0.1) is 0 Å². The predicted molar refractivity (Wildman–Crippen MR) is 92.6 cm³/mol. The largest absolute Gasteiger partial charge is 0.405 e. The molecule has 0 atom stereocenters. The summed E-state index contributed by atoms with van der Waals surface area (Å²) in [5, 5.41) is 4.43. The summed E-state index contributed by atoms with van der Waals surface area (Å²) in [7, 11) is -3.27. The van der Waals surface area contributed by atoms with Gasteiger partial charge in [-0.3, -0.25) is 9.59 Å². The number of rotatable bonds is 5. The molecule has 2 amide bonds. The number of halogens is 3. The van der Waals surface area contributed by atoms with E-state index in [1.807, 2.05) is 0 Å². The highest BCUT2D eigenvalue weighted by Gasteiger charge is 2.29. The van der Waals surface area contributed by atoms with Gasteiger partial charge >= 0.3 is 6.18 Å². The van der Waals surface area contributed by atoms with Gasteiger partial charge in [-0.2, -0.15) is 13.2 Å².